The highest BCUT2D eigenvalue weighted by Crippen LogP contribution is 2.28. The summed E-state index contributed by atoms with van der Waals surface area (Å²) in [4.78, 5) is 27.7. The van der Waals surface area contributed by atoms with E-state index in [1.165, 1.54) is 13.2 Å². The maximum absolute atomic E-state index is 12.5. The van der Waals surface area contributed by atoms with E-state index in [0.717, 1.165) is 16.4 Å². The Hall–Kier alpha value is -2.82. The predicted octanol–water partition coefficient (Wildman–Crippen LogP) is 1.74. The highest BCUT2D eigenvalue weighted by molar-refractivity contribution is 6.12. The van der Waals surface area contributed by atoms with Crippen molar-refractivity contribution < 1.29 is 4.74 Å². The molecule has 0 radical (unpaired) electrons. The molecule has 0 aliphatic heterocycles. The molecule has 5 nitrogen and oxygen atoms in total. The molecule has 5 heteroatoms. The number of hydrogen-bond acceptors (Lipinski definition) is 3. The number of rotatable bonds is 1. The molecule has 0 spiro atoms. The van der Waals surface area contributed by atoms with Gasteiger partial charge >= 0.3 is 0 Å². The van der Waals surface area contributed by atoms with Crippen LogP contribution in [0.5, 0.6) is 5.75 Å². The molecule has 0 aliphatic rings. The molecule has 0 atom stereocenters. The molecule has 98 valence electrons. The number of fused-ring (bicyclic) bond motifs is 3. The molecule has 1 N–H and O–H groups in total. The van der Waals surface area contributed by atoms with E-state index in [1.807, 2.05) is 6.07 Å². The molecular formula is C15H10N2O3. The van der Waals surface area contributed by atoms with Crippen molar-refractivity contribution in [1.29, 1.82) is 0 Å². The van der Waals surface area contributed by atoms with Gasteiger partial charge in [-0.05, 0) is 24.3 Å². The lowest BCUT2D eigenvalue weighted by Crippen LogP contribution is -2.11. The van der Waals surface area contributed by atoms with Crippen molar-refractivity contribution in [3.05, 3.63) is 57.1 Å². The maximum Gasteiger partial charge on any atom is 0.255 e. The number of nitrogens with one attached hydrogen (secondary N) is 1. The highest BCUT2D eigenvalue weighted by atomic mass is 16.5. The topological polar surface area (TPSA) is 63.6 Å². The zero-order valence-corrected chi connectivity index (χ0v) is 10.6. The average Bonchev–Trinajstić information content (AvgIpc) is 2.81. The van der Waals surface area contributed by atoms with Crippen molar-refractivity contribution in [1.82, 2.24) is 9.38 Å². The van der Waals surface area contributed by atoms with Crippen molar-refractivity contribution in [2.45, 2.75) is 0 Å². The second-order valence-electron chi connectivity index (χ2n) is 4.65. The lowest BCUT2D eigenvalue weighted by atomic mass is 10.1. The Balaban J connectivity index is 2.48. The van der Waals surface area contributed by atoms with Crippen LogP contribution in [0, 0.1) is 0 Å². The van der Waals surface area contributed by atoms with Gasteiger partial charge in [0.1, 0.15) is 0 Å². The average molecular weight is 266 g/mol. The van der Waals surface area contributed by atoms with Gasteiger partial charge in [0, 0.05) is 17.6 Å². The van der Waals surface area contributed by atoms with Crippen molar-refractivity contribution in [2.24, 2.45) is 0 Å². The summed E-state index contributed by atoms with van der Waals surface area (Å²) >= 11 is 0. The number of H-pyrrole nitrogens is 1. The van der Waals surface area contributed by atoms with Crippen LogP contribution in [-0.4, -0.2) is 16.5 Å². The fraction of sp³-hybridized carbons (Fsp3) is 0.0667. The Morgan fingerprint density at radius 1 is 1.10 bits per heavy atom. The van der Waals surface area contributed by atoms with Gasteiger partial charge in [0.25, 0.3) is 5.56 Å². The summed E-state index contributed by atoms with van der Waals surface area (Å²) in [6, 6.07) is 8.38. The van der Waals surface area contributed by atoms with E-state index >= 15 is 0 Å². The number of nitrogens with zero attached hydrogens (tertiary/aromatic N) is 1. The van der Waals surface area contributed by atoms with Crippen molar-refractivity contribution >= 4 is 27.3 Å². The van der Waals surface area contributed by atoms with Crippen LogP contribution in [0.25, 0.3) is 27.3 Å². The van der Waals surface area contributed by atoms with Crippen molar-refractivity contribution in [2.75, 3.05) is 7.11 Å². The van der Waals surface area contributed by atoms with E-state index in [0.29, 0.717) is 10.9 Å². The first-order valence-corrected chi connectivity index (χ1v) is 6.17. The number of pyridine rings is 2. The fourth-order valence-electron chi connectivity index (χ4n) is 2.82. The van der Waals surface area contributed by atoms with E-state index in [9.17, 15) is 9.59 Å². The van der Waals surface area contributed by atoms with Crippen LogP contribution < -0.4 is 15.7 Å². The number of aromatic amines is 1. The van der Waals surface area contributed by atoms with Gasteiger partial charge in [-0.25, -0.2) is 0 Å². The molecule has 3 heterocycles. The van der Waals surface area contributed by atoms with Crippen molar-refractivity contribution in [3.8, 4) is 5.75 Å². The van der Waals surface area contributed by atoms with Crippen LogP contribution in [0.2, 0.25) is 0 Å². The molecule has 0 fully saturated rings. The van der Waals surface area contributed by atoms with Crippen LogP contribution in [0.1, 0.15) is 0 Å². The summed E-state index contributed by atoms with van der Waals surface area (Å²) < 4.78 is 6.65. The van der Waals surface area contributed by atoms with Crippen LogP contribution in [0.3, 0.4) is 0 Å². The van der Waals surface area contributed by atoms with E-state index in [4.69, 9.17) is 4.74 Å². The third kappa shape index (κ3) is 1.17. The smallest absolute Gasteiger partial charge is 0.255 e. The Morgan fingerprint density at radius 2 is 1.95 bits per heavy atom. The second kappa shape index (κ2) is 3.60. The number of aromatic nitrogens is 2. The molecule has 0 bridgehead atoms. The third-order valence-corrected chi connectivity index (χ3v) is 3.67. The minimum absolute atomic E-state index is 0.151. The molecule has 0 saturated carbocycles. The SMILES string of the molecule is COc1ccc2c(c1=O)c1cc[nH]c3ccc(=O)n2c31. The van der Waals surface area contributed by atoms with Gasteiger partial charge < -0.3 is 9.72 Å². The third-order valence-electron chi connectivity index (χ3n) is 3.67. The first-order chi connectivity index (χ1) is 9.72. The molecule has 3 aromatic heterocycles. The number of methoxy groups -OCH3 is 1. The normalized spacial score (nSPS) is 11.7. The van der Waals surface area contributed by atoms with E-state index < -0.39 is 0 Å². The van der Waals surface area contributed by atoms with Crippen molar-refractivity contribution in [3.63, 3.8) is 0 Å². The molecular weight excluding hydrogens is 256 g/mol. The molecule has 0 saturated heterocycles. The minimum atomic E-state index is -0.194. The molecule has 4 rings (SSSR count). The first-order valence-electron chi connectivity index (χ1n) is 6.17. The van der Waals surface area contributed by atoms with E-state index in [2.05, 4.69) is 4.98 Å². The van der Waals surface area contributed by atoms with Gasteiger partial charge in [0.15, 0.2) is 5.75 Å². The van der Waals surface area contributed by atoms with Gasteiger partial charge in [-0.3, -0.25) is 14.0 Å². The molecule has 1 aromatic carbocycles. The van der Waals surface area contributed by atoms with E-state index in [1.54, 1.807) is 28.8 Å². The number of hydrogen-bond donors (Lipinski definition) is 1. The number of benzene rings is 1. The van der Waals surface area contributed by atoms with Gasteiger partial charge in [-0.2, -0.15) is 0 Å². The Labute approximate surface area is 112 Å². The summed E-state index contributed by atoms with van der Waals surface area (Å²) in [5, 5.41) is 1.28. The summed E-state index contributed by atoms with van der Waals surface area (Å²) in [7, 11) is 1.46. The Kier molecular flexibility index (Phi) is 1.99. The van der Waals surface area contributed by atoms with Gasteiger partial charge in [0.2, 0.25) is 5.43 Å². The zero-order valence-electron chi connectivity index (χ0n) is 10.6. The lowest BCUT2D eigenvalue weighted by molar-refractivity contribution is 0.412. The van der Waals surface area contributed by atoms with Crippen LogP contribution in [-0.2, 0) is 0 Å². The van der Waals surface area contributed by atoms with Crippen LogP contribution >= 0.6 is 0 Å². The molecule has 20 heavy (non-hydrogen) atoms. The quantitative estimate of drug-likeness (QED) is 0.570. The summed E-state index contributed by atoms with van der Waals surface area (Å²) in [6.07, 6.45) is 1.76. The highest BCUT2D eigenvalue weighted by Gasteiger charge is 2.16. The number of ether oxygens (including phenoxy) is 1. The summed E-state index contributed by atoms with van der Waals surface area (Å²) in [6.45, 7) is 0. The standard InChI is InChI=1S/C15H10N2O3/c1-20-11-4-3-10-13(15(11)19)8-6-7-16-9-2-5-12(18)17(10)14(8)9/h2-7,16H,1H3. The summed E-state index contributed by atoms with van der Waals surface area (Å²) in [5.41, 5.74) is 1.82. The molecule has 0 unspecified atom stereocenters. The molecule has 4 aromatic rings. The van der Waals surface area contributed by atoms with Gasteiger partial charge in [0.05, 0.1) is 29.0 Å². The van der Waals surface area contributed by atoms with Gasteiger partial charge in [-0.1, -0.05) is 0 Å². The molecule has 0 amide bonds. The predicted molar refractivity (Wildman–Crippen MR) is 77.0 cm³/mol. The van der Waals surface area contributed by atoms with Gasteiger partial charge in [-0.15, -0.1) is 0 Å². The van der Waals surface area contributed by atoms with Crippen LogP contribution in [0.15, 0.2) is 46.1 Å². The first kappa shape index (κ1) is 11.0. The Bertz CT molecular complexity index is 1080. The zero-order chi connectivity index (χ0) is 13.9. The summed E-state index contributed by atoms with van der Waals surface area (Å²) in [5.74, 6) is 0.283. The monoisotopic (exact) mass is 266 g/mol. The minimum Gasteiger partial charge on any atom is -0.493 e. The fourth-order valence-corrected chi connectivity index (χ4v) is 2.82. The maximum atomic E-state index is 12.5. The lowest BCUT2D eigenvalue weighted by Gasteiger charge is -1.99. The molecule has 0 aliphatic carbocycles. The van der Waals surface area contributed by atoms with E-state index in [-0.39, 0.29) is 16.7 Å². The largest absolute Gasteiger partial charge is 0.493 e. The second-order valence-corrected chi connectivity index (χ2v) is 4.65. The Morgan fingerprint density at radius 3 is 2.75 bits per heavy atom. The van der Waals surface area contributed by atoms with Crippen LogP contribution in [0.4, 0.5) is 0 Å².